The van der Waals surface area contributed by atoms with Crippen LogP contribution in [-0.2, 0) is 0 Å². The van der Waals surface area contributed by atoms with Gasteiger partial charge in [0.05, 0.1) is 0 Å². The number of fused-ring (bicyclic) bond motifs is 1. The average Bonchev–Trinajstić information content (AvgIpc) is 2.74. The lowest BCUT2D eigenvalue weighted by atomic mass is 9.91. The summed E-state index contributed by atoms with van der Waals surface area (Å²) in [6, 6.07) is 8.67. The largest absolute Gasteiger partial charge is 0.0629 e. The maximum absolute atomic E-state index is 2.36. The Morgan fingerprint density at radius 3 is 1.93 bits per heavy atom. The molecule has 1 aromatic carbocycles. The smallest absolute Gasteiger partial charge is 0.0178 e. The van der Waals surface area contributed by atoms with Gasteiger partial charge in [0.2, 0.25) is 0 Å². The van der Waals surface area contributed by atoms with Gasteiger partial charge in [-0.25, -0.2) is 0 Å². The van der Waals surface area contributed by atoms with Crippen LogP contribution < -0.4 is 10.4 Å². The molecule has 1 fully saturated rings. The van der Waals surface area contributed by atoms with Gasteiger partial charge in [-0.3, -0.25) is 0 Å². The molecule has 76 valence electrons. The van der Waals surface area contributed by atoms with Gasteiger partial charge >= 0.3 is 0 Å². The summed E-state index contributed by atoms with van der Waals surface area (Å²) in [6.45, 7) is 0. The van der Waals surface area contributed by atoms with Crippen LogP contribution in [0.4, 0.5) is 0 Å². The fourth-order valence-electron chi connectivity index (χ4n) is 2.62. The Morgan fingerprint density at radius 2 is 1.33 bits per heavy atom. The maximum Gasteiger partial charge on any atom is -0.0178 e. The molecule has 1 aromatic rings. The van der Waals surface area contributed by atoms with Crippen molar-refractivity contribution in [3.05, 3.63) is 45.8 Å². The summed E-state index contributed by atoms with van der Waals surface area (Å²) in [6.07, 6.45) is 11.5. The minimum atomic E-state index is 1.32. The first-order chi connectivity index (χ1) is 7.43. The highest BCUT2D eigenvalue weighted by Gasteiger charge is 2.10. The van der Waals surface area contributed by atoms with Crippen LogP contribution in [0.5, 0.6) is 0 Å². The molecular formula is C15H16. The molecule has 0 nitrogen and oxygen atoms in total. The predicted molar refractivity (Wildman–Crippen MR) is 64.7 cm³/mol. The van der Waals surface area contributed by atoms with Gasteiger partial charge in [-0.2, -0.15) is 0 Å². The summed E-state index contributed by atoms with van der Waals surface area (Å²) >= 11 is 0. The van der Waals surface area contributed by atoms with E-state index in [1.165, 1.54) is 48.1 Å². The van der Waals surface area contributed by atoms with Crippen molar-refractivity contribution in [2.75, 3.05) is 0 Å². The van der Waals surface area contributed by atoms with Gasteiger partial charge in [-0.15, -0.1) is 0 Å². The quantitative estimate of drug-likeness (QED) is 0.598. The highest BCUT2D eigenvalue weighted by molar-refractivity contribution is 5.73. The van der Waals surface area contributed by atoms with Crippen molar-refractivity contribution in [1.29, 1.82) is 0 Å². The zero-order valence-corrected chi connectivity index (χ0v) is 9.00. The van der Waals surface area contributed by atoms with E-state index in [4.69, 9.17) is 0 Å². The van der Waals surface area contributed by atoms with Crippen LogP contribution >= 0.6 is 0 Å². The molecular weight excluding hydrogens is 180 g/mol. The fraction of sp³-hybridized carbons (Fsp3) is 0.333. The number of allylic oxidation sites excluding steroid dienone is 2. The molecule has 0 aliphatic heterocycles. The van der Waals surface area contributed by atoms with Gasteiger partial charge in [0, 0.05) is 0 Å². The summed E-state index contributed by atoms with van der Waals surface area (Å²) in [5.74, 6) is 0. The first-order valence-corrected chi connectivity index (χ1v) is 5.94. The molecule has 2 aliphatic carbocycles. The van der Waals surface area contributed by atoms with E-state index in [-0.39, 0.29) is 0 Å². The minimum Gasteiger partial charge on any atom is -0.0629 e. The van der Waals surface area contributed by atoms with Crippen LogP contribution in [0.2, 0.25) is 0 Å². The molecule has 3 rings (SSSR count). The van der Waals surface area contributed by atoms with Crippen molar-refractivity contribution in [1.82, 2.24) is 0 Å². The van der Waals surface area contributed by atoms with Crippen LogP contribution in [0, 0.1) is 0 Å². The monoisotopic (exact) mass is 196 g/mol. The van der Waals surface area contributed by atoms with E-state index in [0.717, 1.165) is 0 Å². The maximum atomic E-state index is 2.36. The molecule has 15 heavy (non-hydrogen) atoms. The number of benzene rings is 1. The van der Waals surface area contributed by atoms with Gasteiger partial charge < -0.3 is 0 Å². The van der Waals surface area contributed by atoms with Gasteiger partial charge in [0.15, 0.2) is 0 Å². The lowest BCUT2D eigenvalue weighted by Gasteiger charge is -2.14. The van der Waals surface area contributed by atoms with Crippen molar-refractivity contribution in [2.24, 2.45) is 0 Å². The zero-order valence-electron chi connectivity index (χ0n) is 9.00. The third kappa shape index (κ3) is 1.65. The van der Waals surface area contributed by atoms with Crippen molar-refractivity contribution in [3.8, 4) is 0 Å². The topological polar surface area (TPSA) is 0 Å². The second kappa shape index (κ2) is 3.69. The summed E-state index contributed by atoms with van der Waals surface area (Å²) in [5, 5.41) is 2.79. The third-order valence-electron chi connectivity index (χ3n) is 3.48. The van der Waals surface area contributed by atoms with E-state index in [0.29, 0.717) is 0 Å². The molecule has 0 N–H and O–H groups in total. The second-order valence-corrected chi connectivity index (χ2v) is 4.54. The second-order valence-electron chi connectivity index (χ2n) is 4.54. The van der Waals surface area contributed by atoms with E-state index < -0.39 is 0 Å². The number of rotatable bonds is 0. The number of hydrogen-bond donors (Lipinski definition) is 0. The molecule has 0 radical (unpaired) electrons. The fourth-order valence-corrected chi connectivity index (χ4v) is 2.62. The normalized spacial score (nSPS) is 19.5. The van der Waals surface area contributed by atoms with Crippen LogP contribution in [0.15, 0.2) is 35.4 Å². The SMILES string of the molecule is C1=c2ccccc2=CC1=C1CCCCC1. The molecule has 0 bridgehead atoms. The Balaban J connectivity index is 2.09. The van der Waals surface area contributed by atoms with Crippen LogP contribution in [0.3, 0.4) is 0 Å². The Kier molecular flexibility index (Phi) is 2.21. The first-order valence-electron chi connectivity index (χ1n) is 5.94. The van der Waals surface area contributed by atoms with Gasteiger partial charge in [-0.1, -0.05) is 36.3 Å². The van der Waals surface area contributed by atoms with Crippen LogP contribution in [0.25, 0.3) is 12.2 Å². The Labute approximate surface area is 90.6 Å². The minimum absolute atomic E-state index is 1.32. The standard InChI is InChI=1S/C15H16/c1-2-6-12(7-3-1)15-10-13-8-4-5-9-14(13)11-15/h4-5,8-11H,1-3,6-7H2. The van der Waals surface area contributed by atoms with E-state index in [9.17, 15) is 0 Å². The molecule has 0 amide bonds. The Bertz CT molecular complexity index is 472. The molecule has 0 saturated heterocycles. The van der Waals surface area contributed by atoms with E-state index in [1.54, 1.807) is 5.57 Å². The van der Waals surface area contributed by atoms with Crippen LogP contribution in [-0.4, -0.2) is 0 Å². The van der Waals surface area contributed by atoms with Crippen molar-refractivity contribution >= 4 is 12.2 Å². The Hall–Kier alpha value is -1.30. The van der Waals surface area contributed by atoms with Crippen molar-refractivity contribution < 1.29 is 0 Å². The molecule has 1 saturated carbocycles. The molecule has 0 heterocycles. The molecule has 0 aromatic heterocycles. The van der Waals surface area contributed by atoms with Crippen LogP contribution in [0.1, 0.15) is 32.1 Å². The summed E-state index contributed by atoms with van der Waals surface area (Å²) in [7, 11) is 0. The molecule has 0 unspecified atom stereocenters. The predicted octanol–water partition coefficient (Wildman–Crippen LogP) is 2.52. The average molecular weight is 196 g/mol. The third-order valence-corrected chi connectivity index (χ3v) is 3.48. The van der Waals surface area contributed by atoms with E-state index in [1.807, 2.05) is 0 Å². The van der Waals surface area contributed by atoms with E-state index >= 15 is 0 Å². The first kappa shape index (κ1) is 8.96. The summed E-state index contributed by atoms with van der Waals surface area (Å²) in [5.41, 5.74) is 3.17. The molecule has 2 aliphatic rings. The molecule has 0 heteroatoms. The summed E-state index contributed by atoms with van der Waals surface area (Å²) in [4.78, 5) is 0. The van der Waals surface area contributed by atoms with Gasteiger partial charge in [0.25, 0.3) is 0 Å². The molecule has 0 spiro atoms. The lowest BCUT2D eigenvalue weighted by molar-refractivity contribution is 0.598. The summed E-state index contributed by atoms with van der Waals surface area (Å²) < 4.78 is 0. The molecule has 0 atom stereocenters. The van der Waals surface area contributed by atoms with Crippen molar-refractivity contribution in [3.63, 3.8) is 0 Å². The van der Waals surface area contributed by atoms with Gasteiger partial charge in [0.1, 0.15) is 0 Å². The highest BCUT2D eigenvalue weighted by Crippen LogP contribution is 2.27. The Morgan fingerprint density at radius 1 is 0.733 bits per heavy atom. The van der Waals surface area contributed by atoms with Crippen molar-refractivity contribution in [2.45, 2.75) is 32.1 Å². The number of hydrogen-bond acceptors (Lipinski definition) is 0. The van der Waals surface area contributed by atoms with E-state index in [2.05, 4.69) is 36.4 Å². The van der Waals surface area contributed by atoms with Gasteiger partial charge in [-0.05, 0) is 53.8 Å². The highest BCUT2D eigenvalue weighted by atomic mass is 14.1. The zero-order chi connectivity index (χ0) is 10.1. The lowest BCUT2D eigenvalue weighted by Crippen LogP contribution is -2.19.